The van der Waals surface area contributed by atoms with Gasteiger partial charge in [-0.3, -0.25) is 4.79 Å². The van der Waals surface area contributed by atoms with Crippen LogP contribution in [0.5, 0.6) is 11.5 Å². The van der Waals surface area contributed by atoms with E-state index in [0.29, 0.717) is 17.1 Å². The maximum atomic E-state index is 10.6. The molecule has 0 atom stereocenters. The minimum absolute atomic E-state index is 0.135. The van der Waals surface area contributed by atoms with Crippen LogP contribution in [0.1, 0.15) is 5.56 Å². The van der Waals surface area contributed by atoms with Gasteiger partial charge in [0.15, 0.2) is 18.1 Å². The highest BCUT2D eigenvalue weighted by Gasteiger charge is 2.06. The number of amides is 1. The molecule has 0 aliphatic heterocycles. The van der Waals surface area contributed by atoms with Gasteiger partial charge in [0, 0.05) is 0 Å². The Balaban J connectivity index is 2.86. The van der Waals surface area contributed by atoms with Crippen LogP contribution in [0.4, 0.5) is 0 Å². The maximum absolute atomic E-state index is 10.6. The molecule has 0 heterocycles. The number of benzene rings is 1. The fraction of sp³-hybridized carbons (Fsp3) is 0.182. The third kappa shape index (κ3) is 4.94. The van der Waals surface area contributed by atoms with E-state index in [1.54, 1.807) is 18.2 Å². The fourth-order valence-corrected chi connectivity index (χ4v) is 1.19. The van der Waals surface area contributed by atoms with E-state index in [1.807, 2.05) is 0 Å². The molecule has 0 unspecified atom stereocenters. The predicted octanol–water partition coefficient (Wildman–Crippen LogP) is -0.833. The molecule has 0 aromatic heterocycles. The predicted molar refractivity (Wildman–Crippen MR) is 71.1 cm³/mol. The first-order valence-electron chi connectivity index (χ1n) is 5.24. The second-order valence-corrected chi connectivity index (χ2v) is 3.43. The second-order valence-electron chi connectivity index (χ2n) is 3.43. The Morgan fingerprint density at radius 1 is 1.32 bits per heavy atom. The number of carbonyl (C=O) groups excluding carboxylic acids is 1. The van der Waals surface area contributed by atoms with Crippen molar-refractivity contribution in [1.29, 1.82) is 0 Å². The van der Waals surface area contributed by atoms with E-state index in [-0.39, 0.29) is 12.6 Å². The summed E-state index contributed by atoms with van der Waals surface area (Å²) in [6.45, 7) is -0.224. The molecule has 6 N–H and O–H groups in total. The molecule has 0 radical (unpaired) electrons. The van der Waals surface area contributed by atoms with Crippen molar-refractivity contribution in [3.05, 3.63) is 23.8 Å². The van der Waals surface area contributed by atoms with Crippen LogP contribution in [-0.2, 0) is 4.79 Å². The van der Waals surface area contributed by atoms with E-state index < -0.39 is 5.91 Å². The largest absolute Gasteiger partial charge is 0.493 e. The van der Waals surface area contributed by atoms with Gasteiger partial charge in [0.1, 0.15) is 0 Å². The summed E-state index contributed by atoms with van der Waals surface area (Å²) in [7, 11) is 1.48. The zero-order valence-electron chi connectivity index (χ0n) is 10.4. The molecule has 1 aromatic rings. The molecule has 0 spiro atoms. The van der Waals surface area contributed by atoms with Gasteiger partial charge < -0.3 is 26.7 Å². The number of primary amides is 1. The molecule has 1 rings (SSSR count). The fourth-order valence-electron chi connectivity index (χ4n) is 1.19. The molecule has 0 saturated carbocycles. The van der Waals surface area contributed by atoms with Crippen molar-refractivity contribution < 1.29 is 14.3 Å². The Labute approximate surface area is 109 Å². The summed E-state index contributed by atoms with van der Waals surface area (Å²) in [6, 6.07) is 4.98. The van der Waals surface area contributed by atoms with Gasteiger partial charge in [-0.2, -0.15) is 5.10 Å². The highest BCUT2D eigenvalue weighted by molar-refractivity contribution is 5.82. The maximum Gasteiger partial charge on any atom is 0.255 e. The van der Waals surface area contributed by atoms with Crippen LogP contribution in [0, 0.1) is 0 Å². The highest BCUT2D eigenvalue weighted by atomic mass is 16.5. The van der Waals surface area contributed by atoms with E-state index in [0.717, 1.165) is 0 Å². The lowest BCUT2D eigenvalue weighted by Crippen LogP contribution is -2.21. The Bertz CT molecular complexity index is 509. The zero-order chi connectivity index (χ0) is 14.3. The summed E-state index contributed by atoms with van der Waals surface area (Å²) in [5.41, 5.74) is 16.0. The number of carbonyl (C=O) groups is 1. The number of guanidine groups is 1. The molecule has 0 bridgehead atoms. The number of rotatable bonds is 6. The van der Waals surface area contributed by atoms with Crippen molar-refractivity contribution in [3.8, 4) is 11.5 Å². The van der Waals surface area contributed by atoms with Gasteiger partial charge in [-0.15, -0.1) is 5.10 Å². The number of hydrogen-bond donors (Lipinski definition) is 3. The minimum atomic E-state index is -0.569. The first kappa shape index (κ1) is 14.3. The zero-order valence-corrected chi connectivity index (χ0v) is 10.4. The SMILES string of the molecule is COc1cc(/C=N/N=C(N)N)ccc1OCC(N)=O. The molecule has 1 aromatic carbocycles. The van der Waals surface area contributed by atoms with Crippen molar-refractivity contribution in [1.82, 2.24) is 0 Å². The third-order valence-electron chi connectivity index (χ3n) is 1.94. The van der Waals surface area contributed by atoms with Crippen molar-refractivity contribution in [2.45, 2.75) is 0 Å². The lowest BCUT2D eigenvalue weighted by Gasteiger charge is -2.09. The number of ether oxygens (including phenoxy) is 2. The Kier molecular flexibility index (Phi) is 5.15. The number of nitrogens with two attached hydrogens (primary N) is 3. The molecule has 8 heteroatoms. The average molecular weight is 265 g/mol. The standard InChI is InChI=1S/C11H15N5O3/c1-18-9-4-7(5-15-16-11(13)14)2-3-8(9)19-6-10(12)17/h2-5H,6H2,1H3,(H2,12,17)(H4,13,14,16)/b15-5+. The van der Waals surface area contributed by atoms with Crippen molar-refractivity contribution in [2.24, 2.45) is 27.4 Å². The number of methoxy groups -OCH3 is 1. The lowest BCUT2D eigenvalue weighted by molar-refractivity contribution is -0.119. The normalized spacial score (nSPS) is 10.2. The Morgan fingerprint density at radius 2 is 2.05 bits per heavy atom. The minimum Gasteiger partial charge on any atom is -0.493 e. The van der Waals surface area contributed by atoms with E-state index in [1.165, 1.54) is 13.3 Å². The van der Waals surface area contributed by atoms with E-state index >= 15 is 0 Å². The first-order valence-corrected chi connectivity index (χ1v) is 5.24. The molecular weight excluding hydrogens is 250 g/mol. The summed E-state index contributed by atoms with van der Waals surface area (Å²) in [5, 5.41) is 7.13. The average Bonchev–Trinajstić information content (AvgIpc) is 2.36. The van der Waals surface area contributed by atoms with Gasteiger partial charge >= 0.3 is 0 Å². The molecular formula is C11H15N5O3. The summed E-state index contributed by atoms with van der Waals surface area (Å²) in [5.74, 6) is 0.139. The molecule has 102 valence electrons. The Morgan fingerprint density at radius 3 is 2.63 bits per heavy atom. The van der Waals surface area contributed by atoms with Gasteiger partial charge in [-0.05, 0) is 23.8 Å². The molecule has 0 saturated heterocycles. The molecule has 8 nitrogen and oxygen atoms in total. The van der Waals surface area contributed by atoms with Crippen LogP contribution in [0.25, 0.3) is 0 Å². The third-order valence-corrected chi connectivity index (χ3v) is 1.94. The van der Waals surface area contributed by atoms with E-state index in [9.17, 15) is 4.79 Å². The van der Waals surface area contributed by atoms with Crippen molar-refractivity contribution in [2.75, 3.05) is 13.7 Å². The van der Waals surface area contributed by atoms with Gasteiger partial charge in [0.25, 0.3) is 5.91 Å². The summed E-state index contributed by atoms with van der Waals surface area (Å²) in [6.07, 6.45) is 1.44. The van der Waals surface area contributed by atoms with Crippen LogP contribution in [0.2, 0.25) is 0 Å². The van der Waals surface area contributed by atoms with Gasteiger partial charge in [-0.25, -0.2) is 0 Å². The van der Waals surface area contributed by atoms with E-state index in [2.05, 4.69) is 10.2 Å². The van der Waals surface area contributed by atoms with E-state index in [4.69, 9.17) is 26.7 Å². The van der Waals surface area contributed by atoms with Gasteiger partial charge in [0.05, 0.1) is 13.3 Å². The summed E-state index contributed by atoms with van der Waals surface area (Å²) in [4.78, 5) is 10.6. The first-order chi connectivity index (χ1) is 9.02. The molecule has 1 amide bonds. The summed E-state index contributed by atoms with van der Waals surface area (Å²) >= 11 is 0. The van der Waals surface area contributed by atoms with Gasteiger partial charge in [-0.1, -0.05) is 0 Å². The van der Waals surface area contributed by atoms with Crippen LogP contribution in [0.3, 0.4) is 0 Å². The highest BCUT2D eigenvalue weighted by Crippen LogP contribution is 2.27. The lowest BCUT2D eigenvalue weighted by atomic mass is 10.2. The van der Waals surface area contributed by atoms with Crippen LogP contribution in [-0.4, -0.2) is 31.8 Å². The van der Waals surface area contributed by atoms with Crippen LogP contribution in [0.15, 0.2) is 28.4 Å². The van der Waals surface area contributed by atoms with Gasteiger partial charge in [0.2, 0.25) is 5.96 Å². The number of nitrogens with zero attached hydrogens (tertiary/aromatic N) is 2. The summed E-state index contributed by atoms with van der Waals surface area (Å²) < 4.78 is 10.3. The molecule has 0 aliphatic rings. The van der Waals surface area contributed by atoms with Crippen LogP contribution < -0.4 is 26.7 Å². The molecule has 19 heavy (non-hydrogen) atoms. The molecule has 0 aliphatic carbocycles. The smallest absolute Gasteiger partial charge is 0.255 e. The molecule has 0 fully saturated rings. The van der Waals surface area contributed by atoms with Crippen molar-refractivity contribution >= 4 is 18.1 Å². The monoisotopic (exact) mass is 265 g/mol. The quantitative estimate of drug-likeness (QED) is 0.350. The number of hydrogen-bond acceptors (Lipinski definition) is 5. The topological polar surface area (TPSA) is 138 Å². The Hall–Kier alpha value is -2.77. The second kappa shape index (κ2) is 6.84. The van der Waals surface area contributed by atoms with Crippen molar-refractivity contribution in [3.63, 3.8) is 0 Å². The van der Waals surface area contributed by atoms with Crippen LogP contribution >= 0.6 is 0 Å².